The second-order valence-corrected chi connectivity index (χ2v) is 6.73. The molecular formula is C19H18FN5O2S. The van der Waals surface area contributed by atoms with Crippen molar-refractivity contribution in [2.75, 3.05) is 12.8 Å². The second kappa shape index (κ2) is 9.14. The van der Waals surface area contributed by atoms with Crippen LogP contribution in [0.5, 0.6) is 0 Å². The van der Waals surface area contributed by atoms with E-state index in [-0.39, 0.29) is 11.6 Å². The number of benzene rings is 2. The van der Waals surface area contributed by atoms with Gasteiger partial charge < -0.3 is 5.32 Å². The van der Waals surface area contributed by atoms with Gasteiger partial charge in [0.15, 0.2) is 5.16 Å². The quantitative estimate of drug-likeness (QED) is 0.622. The Hall–Kier alpha value is -3.20. The highest BCUT2D eigenvalue weighted by Crippen LogP contribution is 2.23. The highest BCUT2D eigenvalue weighted by atomic mass is 32.2. The lowest BCUT2D eigenvalue weighted by molar-refractivity contribution is -0.117. The average molecular weight is 399 g/mol. The Labute approximate surface area is 165 Å². The Bertz CT molecular complexity index is 960. The lowest BCUT2D eigenvalue weighted by Gasteiger charge is -2.10. The number of rotatable bonds is 6. The van der Waals surface area contributed by atoms with Gasteiger partial charge >= 0.3 is 6.03 Å². The molecule has 2 aromatic carbocycles. The number of carbonyl (C=O) groups is 2. The van der Waals surface area contributed by atoms with Crippen LogP contribution in [-0.4, -0.2) is 39.5 Å². The van der Waals surface area contributed by atoms with Crippen LogP contribution in [0.4, 0.5) is 9.18 Å². The average Bonchev–Trinajstić information content (AvgIpc) is 3.10. The Morgan fingerprint density at radius 3 is 2.46 bits per heavy atom. The lowest BCUT2D eigenvalue weighted by Crippen LogP contribution is -2.38. The molecule has 0 aliphatic heterocycles. The number of carbonyl (C=O) groups excluding carboxylic acids is 2. The van der Waals surface area contributed by atoms with Crippen LogP contribution in [0.25, 0.3) is 5.69 Å². The van der Waals surface area contributed by atoms with Crippen LogP contribution >= 0.6 is 11.8 Å². The van der Waals surface area contributed by atoms with Crippen molar-refractivity contribution >= 4 is 23.7 Å². The van der Waals surface area contributed by atoms with Gasteiger partial charge in [-0.25, -0.2) is 9.18 Å². The Morgan fingerprint density at radius 2 is 1.79 bits per heavy atom. The number of hydrogen-bond acceptors (Lipinski definition) is 5. The number of hydrogen-bond donors (Lipinski definition) is 2. The van der Waals surface area contributed by atoms with E-state index in [4.69, 9.17) is 0 Å². The summed E-state index contributed by atoms with van der Waals surface area (Å²) in [5.74, 6) is -0.159. The molecule has 0 aliphatic rings. The summed E-state index contributed by atoms with van der Waals surface area (Å²) >= 11 is 1.14. The highest BCUT2D eigenvalue weighted by molar-refractivity contribution is 7.99. The summed E-state index contributed by atoms with van der Waals surface area (Å²) in [5.41, 5.74) is 1.73. The zero-order valence-corrected chi connectivity index (χ0v) is 15.9. The van der Waals surface area contributed by atoms with Gasteiger partial charge in [-0.2, -0.15) is 0 Å². The SMILES string of the molecule is CNC(=O)NC(=O)CSc1nnc(Cc2ccccc2)n1-c1ccc(F)cc1. The van der Waals surface area contributed by atoms with E-state index < -0.39 is 11.9 Å². The summed E-state index contributed by atoms with van der Waals surface area (Å²) in [7, 11) is 1.43. The summed E-state index contributed by atoms with van der Waals surface area (Å²) in [6.45, 7) is 0. The van der Waals surface area contributed by atoms with Crippen molar-refractivity contribution in [3.8, 4) is 5.69 Å². The maximum Gasteiger partial charge on any atom is 0.321 e. The fourth-order valence-corrected chi connectivity index (χ4v) is 3.26. The number of amides is 3. The number of halogens is 1. The summed E-state index contributed by atoms with van der Waals surface area (Å²) in [6.07, 6.45) is 0.524. The van der Waals surface area contributed by atoms with E-state index in [2.05, 4.69) is 20.8 Å². The zero-order chi connectivity index (χ0) is 19.9. The van der Waals surface area contributed by atoms with Crippen LogP contribution in [0, 0.1) is 5.82 Å². The van der Waals surface area contributed by atoms with Gasteiger partial charge in [-0.05, 0) is 29.8 Å². The van der Waals surface area contributed by atoms with Gasteiger partial charge in [0, 0.05) is 19.2 Å². The predicted molar refractivity (Wildman–Crippen MR) is 104 cm³/mol. The summed E-state index contributed by atoms with van der Waals surface area (Å²) in [6, 6.07) is 15.2. The fraction of sp³-hybridized carbons (Fsp3) is 0.158. The topological polar surface area (TPSA) is 88.9 Å². The lowest BCUT2D eigenvalue weighted by atomic mass is 10.1. The first kappa shape index (κ1) is 19.6. The molecule has 0 radical (unpaired) electrons. The number of nitrogens with zero attached hydrogens (tertiary/aromatic N) is 3. The monoisotopic (exact) mass is 399 g/mol. The Morgan fingerprint density at radius 1 is 1.07 bits per heavy atom. The summed E-state index contributed by atoms with van der Waals surface area (Å²) < 4.78 is 15.1. The van der Waals surface area contributed by atoms with Gasteiger partial charge in [-0.1, -0.05) is 42.1 Å². The molecular weight excluding hydrogens is 381 g/mol. The molecule has 0 bridgehead atoms. The van der Waals surface area contributed by atoms with Gasteiger partial charge in [0.25, 0.3) is 0 Å². The van der Waals surface area contributed by atoms with Crippen LogP contribution in [0.15, 0.2) is 59.8 Å². The van der Waals surface area contributed by atoms with Gasteiger partial charge in [0.1, 0.15) is 11.6 Å². The van der Waals surface area contributed by atoms with Crippen LogP contribution < -0.4 is 10.6 Å². The third-order valence-corrected chi connectivity index (χ3v) is 4.73. The van der Waals surface area contributed by atoms with Crippen molar-refractivity contribution in [1.29, 1.82) is 0 Å². The van der Waals surface area contributed by atoms with E-state index in [1.807, 2.05) is 30.3 Å². The van der Waals surface area contributed by atoms with Gasteiger partial charge in [0.05, 0.1) is 5.75 Å². The van der Waals surface area contributed by atoms with E-state index in [0.29, 0.717) is 23.1 Å². The van der Waals surface area contributed by atoms with E-state index in [1.54, 1.807) is 16.7 Å². The molecule has 3 rings (SSSR count). The van der Waals surface area contributed by atoms with Crippen molar-refractivity contribution < 1.29 is 14.0 Å². The first-order valence-electron chi connectivity index (χ1n) is 8.45. The summed E-state index contributed by atoms with van der Waals surface area (Å²) in [5, 5.41) is 13.4. The van der Waals surface area contributed by atoms with Crippen LogP contribution in [0.2, 0.25) is 0 Å². The molecule has 0 saturated heterocycles. The largest absolute Gasteiger partial charge is 0.341 e. The third-order valence-electron chi connectivity index (χ3n) is 3.80. The molecule has 9 heteroatoms. The van der Waals surface area contributed by atoms with E-state index in [1.165, 1.54) is 19.2 Å². The fourth-order valence-electron chi connectivity index (χ4n) is 2.49. The molecule has 0 aliphatic carbocycles. The highest BCUT2D eigenvalue weighted by Gasteiger charge is 2.17. The molecule has 0 spiro atoms. The number of nitrogens with one attached hydrogen (secondary N) is 2. The van der Waals surface area contributed by atoms with Gasteiger partial charge in [0.2, 0.25) is 5.91 Å². The molecule has 7 nitrogen and oxygen atoms in total. The molecule has 0 unspecified atom stereocenters. The van der Waals surface area contributed by atoms with Gasteiger partial charge in [-0.3, -0.25) is 14.7 Å². The smallest absolute Gasteiger partial charge is 0.321 e. The molecule has 0 fully saturated rings. The first-order valence-corrected chi connectivity index (χ1v) is 9.44. The normalized spacial score (nSPS) is 10.5. The maximum absolute atomic E-state index is 13.3. The maximum atomic E-state index is 13.3. The van der Waals surface area contributed by atoms with Crippen molar-refractivity contribution in [1.82, 2.24) is 25.4 Å². The van der Waals surface area contributed by atoms with Crippen molar-refractivity contribution in [2.24, 2.45) is 0 Å². The number of aromatic nitrogens is 3. The molecule has 3 aromatic rings. The minimum atomic E-state index is -0.574. The standard InChI is InChI=1S/C19H18FN5O2S/c1-21-18(27)22-17(26)12-28-19-24-23-16(11-13-5-3-2-4-6-13)25(19)15-9-7-14(20)8-10-15/h2-10H,11-12H2,1H3,(H2,21,22,26,27). The zero-order valence-electron chi connectivity index (χ0n) is 15.1. The third kappa shape index (κ3) is 4.95. The predicted octanol–water partition coefficient (Wildman–Crippen LogP) is 2.54. The molecule has 0 saturated carbocycles. The van der Waals surface area contributed by atoms with E-state index in [0.717, 1.165) is 17.3 Å². The van der Waals surface area contributed by atoms with E-state index in [9.17, 15) is 14.0 Å². The minimum absolute atomic E-state index is 0.0158. The van der Waals surface area contributed by atoms with Crippen molar-refractivity contribution in [3.05, 3.63) is 71.8 Å². The number of imide groups is 1. The summed E-state index contributed by atoms with van der Waals surface area (Å²) in [4.78, 5) is 23.1. The molecule has 28 heavy (non-hydrogen) atoms. The molecule has 3 amide bonds. The first-order chi connectivity index (χ1) is 13.6. The minimum Gasteiger partial charge on any atom is -0.341 e. The van der Waals surface area contributed by atoms with Gasteiger partial charge in [-0.15, -0.1) is 10.2 Å². The van der Waals surface area contributed by atoms with E-state index >= 15 is 0 Å². The number of urea groups is 1. The Balaban J connectivity index is 1.86. The Kier molecular flexibility index (Phi) is 6.38. The molecule has 2 N–H and O–H groups in total. The molecule has 144 valence electrons. The van der Waals surface area contributed by atoms with Crippen molar-refractivity contribution in [3.63, 3.8) is 0 Å². The molecule has 1 heterocycles. The van der Waals surface area contributed by atoms with Crippen LogP contribution in [0.1, 0.15) is 11.4 Å². The second-order valence-electron chi connectivity index (χ2n) is 5.79. The van der Waals surface area contributed by atoms with Crippen molar-refractivity contribution in [2.45, 2.75) is 11.6 Å². The number of thioether (sulfide) groups is 1. The molecule has 0 atom stereocenters. The molecule has 1 aromatic heterocycles. The van der Waals surface area contributed by atoms with Crippen LogP contribution in [0.3, 0.4) is 0 Å². The van der Waals surface area contributed by atoms with Crippen LogP contribution in [-0.2, 0) is 11.2 Å².